The van der Waals surface area contributed by atoms with Crippen molar-refractivity contribution in [2.24, 2.45) is 0 Å². The minimum absolute atomic E-state index is 0.0404. The Balaban J connectivity index is 3.04. The van der Waals surface area contributed by atoms with Crippen molar-refractivity contribution in [3.8, 4) is 0 Å². The molecule has 0 unspecified atom stereocenters. The fourth-order valence-corrected chi connectivity index (χ4v) is 1.21. The third kappa shape index (κ3) is 2.89. The molecular weight excluding hydrogens is 267 g/mol. The van der Waals surface area contributed by atoms with Gasteiger partial charge in [0.05, 0.1) is 11.8 Å². The van der Waals surface area contributed by atoms with Gasteiger partial charge in [-0.15, -0.1) is 0 Å². The summed E-state index contributed by atoms with van der Waals surface area (Å²) in [7, 11) is 0. The number of aromatic nitrogens is 1. The number of hydrogen-bond donors (Lipinski definition) is 1. The van der Waals surface area contributed by atoms with Gasteiger partial charge in [0.15, 0.2) is 11.5 Å². The summed E-state index contributed by atoms with van der Waals surface area (Å²) in [4.78, 5) is 15.1. The second-order valence-electron chi connectivity index (χ2n) is 3.15. The molecule has 0 fully saturated rings. The normalized spacial score (nSPS) is 10.5. The maximum atomic E-state index is 12.9. The Hall–Kier alpha value is -1.17. The Morgan fingerprint density at radius 1 is 1.67 bits per heavy atom. The van der Waals surface area contributed by atoms with Crippen LogP contribution in [0, 0.1) is 5.82 Å². The third-order valence-corrected chi connectivity index (χ3v) is 2.05. The van der Waals surface area contributed by atoms with Crippen LogP contribution in [0.4, 0.5) is 10.1 Å². The van der Waals surface area contributed by atoms with Crippen molar-refractivity contribution in [1.29, 1.82) is 0 Å². The molecule has 1 aromatic heterocycles. The zero-order valence-electron chi connectivity index (χ0n) is 8.25. The zero-order chi connectivity index (χ0) is 11.6. The van der Waals surface area contributed by atoms with Crippen LogP contribution in [-0.2, 0) is 4.74 Å². The smallest absolute Gasteiger partial charge is 0.359 e. The third-order valence-electron chi connectivity index (χ3n) is 1.50. The van der Waals surface area contributed by atoms with Crippen LogP contribution < -0.4 is 5.73 Å². The fraction of sp³-hybridized carbons (Fsp3) is 0.333. The summed E-state index contributed by atoms with van der Waals surface area (Å²) >= 11 is 2.87. The van der Waals surface area contributed by atoms with E-state index in [2.05, 4.69) is 20.9 Å². The molecule has 4 nitrogen and oxygen atoms in total. The molecule has 0 aliphatic rings. The second-order valence-corrected chi connectivity index (χ2v) is 3.90. The van der Waals surface area contributed by atoms with Crippen LogP contribution in [0.25, 0.3) is 0 Å². The van der Waals surface area contributed by atoms with E-state index in [0.717, 1.165) is 6.07 Å². The number of nitrogens with two attached hydrogens (primary N) is 1. The average Bonchev–Trinajstić information content (AvgIpc) is 2.09. The molecule has 0 aromatic carbocycles. The van der Waals surface area contributed by atoms with E-state index in [1.165, 1.54) is 0 Å². The van der Waals surface area contributed by atoms with Gasteiger partial charge in [-0.1, -0.05) is 0 Å². The number of pyridine rings is 1. The number of nitrogens with zero attached hydrogens (tertiary/aromatic N) is 1. The predicted molar refractivity (Wildman–Crippen MR) is 56.9 cm³/mol. The highest BCUT2D eigenvalue weighted by molar-refractivity contribution is 9.10. The van der Waals surface area contributed by atoms with Gasteiger partial charge in [-0.05, 0) is 29.8 Å². The van der Waals surface area contributed by atoms with Crippen molar-refractivity contribution < 1.29 is 13.9 Å². The van der Waals surface area contributed by atoms with Crippen LogP contribution in [0.3, 0.4) is 0 Å². The van der Waals surface area contributed by atoms with Gasteiger partial charge < -0.3 is 10.5 Å². The van der Waals surface area contributed by atoms with E-state index in [0.29, 0.717) is 0 Å². The lowest BCUT2D eigenvalue weighted by atomic mass is 10.3. The van der Waals surface area contributed by atoms with Crippen molar-refractivity contribution >= 4 is 27.6 Å². The summed E-state index contributed by atoms with van der Waals surface area (Å²) in [6.07, 6.45) is -0.275. The number of hydrogen-bond acceptors (Lipinski definition) is 4. The van der Waals surface area contributed by atoms with Gasteiger partial charge >= 0.3 is 5.97 Å². The number of carbonyl (C=O) groups is 1. The number of anilines is 1. The molecule has 1 heterocycles. The number of ether oxygens (including phenoxy) is 1. The van der Waals surface area contributed by atoms with Crippen molar-refractivity contribution in [1.82, 2.24) is 4.98 Å². The number of carbonyl (C=O) groups excluding carboxylic acids is 1. The average molecular weight is 277 g/mol. The van der Waals surface area contributed by atoms with Crippen LogP contribution in [0.15, 0.2) is 10.7 Å². The minimum Gasteiger partial charge on any atom is -0.458 e. The van der Waals surface area contributed by atoms with E-state index in [1.807, 2.05) is 0 Å². The topological polar surface area (TPSA) is 65.2 Å². The molecule has 2 N–H and O–H groups in total. The maximum Gasteiger partial charge on any atom is 0.359 e. The van der Waals surface area contributed by atoms with Gasteiger partial charge in [-0.25, -0.2) is 14.2 Å². The highest BCUT2D eigenvalue weighted by atomic mass is 79.9. The molecule has 82 valence electrons. The van der Waals surface area contributed by atoms with Crippen LogP contribution >= 0.6 is 15.9 Å². The lowest BCUT2D eigenvalue weighted by Gasteiger charge is -2.09. The van der Waals surface area contributed by atoms with Gasteiger partial charge in [0.2, 0.25) is 0 Å². The molecule has 1 rings (SSSR count). The van der Waals surface area contributed by atoms with E-state index in [9.17, 15) is 9.18 Å². The maximum absolute atomic E-state index is 12.9. The molecule has 0 saturated heterocycles. The molecule has 0 amide bonds. The molecule has 0 spiro atoms. The Morgan fingerprint density at radius 3 is 2.80 bits per heavy atom. The summed E-state index contributed by atoms with van der Waals surface area (Å²) in [6.45, 7) is 3.40. The van der Waals surface area contributed by atoms with E-state index >= 15 is 0 Å². The Morgan fingerprint density at radius 2 is 2.27 bits per heavy atom. The first-order valence-electron chi connectivity index (χ1n) is 4.24. The molecule has 0 radical (unpaired) electrons. The lowest BCUT2D eigenvalue weighted by Crippen LogP contribution is -2.15. The molecule has 0 aliphatic carbocycles. The van der Waals surface area contributed by atoms with Crippen molar-refractivity contribution in [3.63, 3.8) is 0 Å². The summed E-state index contributed by atoms with van der Waals surface area (Å²) < 4.78 is 17.8. The first-order chi connectivity index (χ1) is 6.91. The van der Waals surface area contributed by atoms with Gasteiger partial charge in [0.1, 0.15) is 4.60 Å². The summed E-state index contributed by atoms with van der Waals surface area (Å²) in [6, 6.07) is 1.02. The second kappa shape index (κ2) is 4.57. The minimum atomic E-state index is -0.664. The molecular formula is C9H10BrFN2O2. The van der Waals surface area contributed by atoms with E-state index in [-0.39, 0.29) is 22.1 Å². The van der Waals surface area contributed by atoms with Gasteiger partial charge in [-0.2, -0.15) is 0 Å². The van der Waals surface area contributed by atoms with Gasteiger partial charge in [0.25, 0.3) is 0 Å². The molecule has 6 heteroatoms. The SMILES string of the molecule is CC(C)OC(=O)c1nc(Br)c(F)cc1N. The van der Waals surface area contributed by atoms with E-state index < -0.39 is 11.8 Å². The molecule has 15 heavy (non-hydrogen) atoms. The van der Waals surface area contributed by atoms with Crippen molar-refractivity contribution in [2.75, 3.05) is 5.73 Å². The van der Waals surface area contributed by atoms with Crippen molar-refractivity contribution in [3.05, 3.63) is 22.2 Å². The van der Waals surface area contributed by atoms with Crippen LogP contribution in [0.2, 0.25) is 0 Å². The summed E-state index contributed by atoms with van der Waals surface area (Å²) in [5, 5.41) is 0. The highest BCUT2D eigenvalue weighted by Gasteiger charge is 2.17. The van der Waals surface area contributed by atoms with E-state index in [4.69, 9.17) is 10.5 Å². The molecule has 0 saturated carbocycles. The molecule has 0 bridgehead atoms. The van der Waals surface area contributed by atoms with Gasteiger partial charge in [0, 0.05) is 6.07 Å². The predicted octanol–water partition coefficient (Wildman–Crippen LogP) is 2.13. The van der Waals surface area contributed by atoms with Gasteiger partial charge in [-0.3, -0.25) is 0 Å². The number of nitrogen functional groups attached to an aromatic ring is 1. The Bertz CT molecular complexity index is 396. The van der Waals surface area contributed by atoms with Crippen LogP contribution in [0.1, 0.15) is 24.3 Å². The number of esters is 1. The van der Waals surface area contributed by atoms with Crippen LogP contribution in [0.5, 0.6) is 0 Å². The quantitative estimate of drug-likeness (QED) is 0.664. The van der Waals surface area contributed by atoms with Crippen LogP contribution in [-0.4, -0.2) is 17.1 Å². The highest BCUT2D eigenvalue weighted by Crippen LogP contribution is 2.19. The molecule has 1 aromatic rings. The first-order valence-corrected chi connectivity index (χ1v) is 5.03. The largest absolute Gasteiger partial charge is 0.458 e. The lowest BCUT2D eigenvalue weighted by molar-refractivity contribution is 0.0372. The Labute approximate surface area is 94.8 Å². The Kier molecular flexibility index (Phi) is 3.62. The molecule has 0 aliphatic heterocycles. The standard InChI is InChI=1S/C9H10BrFN2O2/c1-4(2)15-9(14)7-6(12)3-5(11)8(10)13-7/h3-4H,12H2,1-2H3. The summed E-state index contributed by atoms with van der Waals surface area (Å²) in [5.74, 6) is -1.28. The zero-order valence-corrected chi connectivity index (χ0v) is 9.84. The van der Waals surface area contributed by atoms with Crippen molar-refractivity contribution in [2.45, 2.75) is 20.0 Å². The number of halogens is 2. The monoisotopic (exact) mass is 276 g/mol. The summed E-state index contributed by atoms with van der Waals surface area (Å²) in [5.41, 5.74) is 5.32. The fourth-order valence-electron chi connectivity index (χ4n) is 0.914. The first kappa shape index (κ1) is 11.9. The molecule has 0 atom stereocenters. The number of rotatable bonds is 2. The van der Waals surface area contributed by atoms with E-state index in [1.54, 1.807) is 13.8 Å².